The topological polar surface area (TPSA) is 83.4 Å². The summed E-state index contributed by atoms with van der Waals surface area (Å²) >= 11 is 0. The van der Waals surface area contributed by atoms with E-state index in [1.165, 1.54) is 11.6 Å². The third kappa shape index (κ3) is 6.10. The van der Waals surface area contributed by atoms with Gasteiger partial charge in [-0.05, 0) is 67.4 Å². The van der Waals surface area contributed by atoms with Gasteiger partial charge in [-0.3, -0.25) is 4.79 Å². The van der Waals surface area contributed by atoms with E-state index in [2.05, 4.69) is 22.0 Å². The molecule has 6 nitrogen and oxygen atoms in total. The van der Waals surface area contributed by atoms with Crippen molar-refractivity contribution in [3.63, 3.8) is 0 Å². The molecule has 0 spiro atoms. The van der Waals surface area contributed by atoms with Crippen molar-refractivity contribution in [2.75, 3.05) is 10.6 Å². The minimum Gasteiger partial charge on any atom is -0.467 e. The maximum absolute atomic E-state index is 12.1. The summed E-state index contributed by atoms with van der Waals surface area (Å²) in [6.07, 6.45) is 4.86. The molecule has 0 fully saturated rings. The van der Waals surface area contributed by atoms with E-state index in [9.17, 15) is 9.59 Å². The third-order valence-electron chi connectivity index (χ3n) is 4.25. The fourth-order valence-corrected chi connectivity index (χ4v) is 2.75. The fraction of sp³-hybridized carbons (Fsp3) is 0.130. The predicted octanol–water partition coefficient (Wildman–Crippen LogP) is 4.87. The van der Waals surface area contributed by atoms with E-state index < -0.39 is 0 Å². The Balaban J connectivity index is 1.49. The SMILES string of the molecule is Cc1ccc(/C=C/C(=O)Nc2ccc(NC(=O)NCc3ccco3)cc2)c(C)c1. The quantitative estimate of drug-likeness (QED) is 0.526. The fourth-order valence-electron chi connectivity index (χ4n) is 2.75. The lowest BCUT2D eigenvalue weighted by atomic mass is 10.1. The summed E-state index contributed by atoms with van der Waals surface area (Å²) in [4.78, 5) is 24.0. The summed E-state index contributed by atoms with van der Waals surface area (Å²) in [5, 5.41) is 8.22. The highest BCUT2D eigenvalue weighted by Crippen LogP contribution is 2.15. The summed E-state index contributed by atoms with van der Waals surface area (Å²) in [6, 6.07) is 16.2. The number of hydrogen-bond donors (Lipinski definition) is 3. The first-order valence-corrected chi connectivity index (χ1v) is 9.23. The van der Waals surface area contributed by atoms with E-state index in [0.29, 0.717) is 23.7 Å². The van der Waals surface area contributed by atoms with Gasteiger partial charge in [0.2, 0.25) is 5.91 Å². The molecule has 148 valence electrons. The van der Waals surface area contributed by atoms with Crippen LogP contribution in [0.2, 0.25) is 0 Å². The first kappa shape index (κ1) is 19.9. The van der Waals surface area contributed by atoms with Crippen LogP contribution in [0.25, 0.3) is 6.08 Å². The molecule has 0 aliphatic carbocycles. The maximum atomic E-state index is 12.1. The Hall–Kier alpha value is -3.80. The monoisotopic (exact) mass is 389 g/mol. The van der Waals surface area contributed by atoms with Crippen LogP contribution in [0.15, 0.2) is 71.4 Å². The number of amides is 3. The second kappa shape index (κ2) is 9.41. The minimum atomic E-state index is -0.338. The molecule has 2 aromatic carbocycles. The van der Waals surface area contributed by atoms with Gasteiger partial charge in [0.15, 0.2) is 0 Å². The number of urea groups is 1. The average Bonchev–Trinajstić information content (AvgIpc) is 3.21. The van der Waals surface area contributed by atoms with E-state index >= 15 is 0 Å². The van der Waals surface area contributed by atoms with Gasteiger partial charge in [0.1, 0.15) is 5.76 Å². The zero-order chi connectivity index (χ0) is 20.6. The van der Waals surface area contributed by atoms with Crippen molar-refractivity contribution in [3.8, 4) is 0 Å². The molecule has 3 N–H and O–H groups in total. The summed E-state index contributed by atoms with van der Waals surface area (Å²) in [5.41, 5.74) is 4.57. The summed E-state index contributed by atoms with van der Waals surface area (Å²) in [7, 11) is 0. The lowest BCUT2D eigenvalue weighted by Gasteiger charge is -2.08. The molecule has 3 rings (SSSR count). The number of hydrogen-bond acceptors (Lipinski definition) is 3. The van der Waals surface area contributed by atoms with Crippen LogP contribution in [0.5, 0.6) is 0 Å². The Kier molecular flexibility index (Phi) is 6.47. The number of carbonyl (C=O) groups is 2. The molecule has 6 heteroatoms. The highest BCUT2D eigenvalue weighted by molar-refractivity contribution is 6.02. The zero-order valence-electron chi connectivity index (χ0n) is 16.4. The van der Waals surface area contributed by atoms with Crippen LogP contribution < -0.4 is 16.0 Å². The number of anilines is 2. The Morgan fingerprint density at radius 1 is 0.966 bits per heavy atom. The number of nitrogens with one attached hydrogen (secondary N) is 3. The van der Waals surface area contributed by atoms with Crippen molar-refractivity contribution in [3.05, 3.63) is 89.4 Å². The van der Waals surface area contributed by atoms with Crippen molar-refractivity contribution in [1.82, 2.24) is 5.32 Å². The first-order valence-electron chi connectivity index (χ1n) is 9.23. The average molecular weight is 389 g/mol. The van der Waals surface area contributed by atoms with Crippen molar-refractivity contribution in [2.45, 2.75) is 20.4 Å². The largest absolute Gasteiger partial charge is 0.467 e. The molecule has 3 amide bonds. The van der Waals surface area contributed by atoms with Gasteiger partial charge >= 0.3 is 6.03 Å². The number of furan rings is 1. The van der Waals surface area contributed by atoms with Crippen LogP contribution in [0, 0.1) is 13.8 Å². The summed E-state index contributed by atoms with van der Waals surface area (Å²) < 4.78 is 5.16. The molecular weight excluding hydrogens is 366 g/mol. The minimum absolute atomic E-state index is 0.220. The molecule has 1 aromatic heterocycles. The van der Waals surface area contributed by atoms with Gasteiger partial charge in [0, 0.05) is 17.5 Å². The van der Waals surface area contributed by atoms with Crippen LogP contribution in [0.1, 0.15) is 22.5 Å². The van der Waals surface area contributed by atoms with Crippen molar-refractivity contribution >= 4 is 29.4 Å². The van der Waals surface area contributed by atoms with Crippen LogP contribution in [-0.4, -0.2) is 11.9 Å². The van der Waals surface area contributed by atoms with Crippen LogP contribution in [-0.2, 0) is 11.3 Å². The van der Waals surface area contributed by atoms with Crippen molar-refractivity contribution < 1.29 is 14.0 Å². The van der Waals surface area contributed by atoms with Crippen molar-refractivity contribution in [2.24, 2.45) is 0 Å². The predicted molar refractivity (Wildman–Crippen MR) is 115 cm³/mol. The second-order valence-electron chi connectivity index (χ2n) is 6.65. The molecule has 0 bridgehead atoms. The Bertz CT molecular complexity index is 1010. The Labute approximate surface area is 169 Å². The van der Waals surface area contributed by atoms with Crippen LogP contribution >= 0.6 is 0 Å². The Morgan fingerprint density at radius 2 is 1.69 bits per heavy atom. The lowest BCUT2D eigenvalue weighted by Crippen LogP contribution is -2.27. The highest BCUT2D eigenvalue weighted by atomic mass is 16.3. The van der Waals surface area contributed by atoms with E-state index in [4.69, 9.17) is 4.42 Å². The number of aryl methyl sites for hydroxylation is 2. The van der Waals surface area contributed by atoms with Crippen LogP contribution in [0.4, 0.5) is 16.2 Å². The van der Waals surface area contributed by atoms with E-state index in [1.807, 2.05) is 26.0 Å². The maximum Gasteiger partial charge on any atom is 0.319 e. The van der Waals surface area contributed by atoms with E-state index in [0.717, 1.165) is 11.1 Å². The first-order chi connectivity index (χ1) is 14.0. The molecule has 0 aliphatic heterocycles. The molecule has 29 heavy (non-hydrogen) atoms. The van der Waals surface area contributed by atoms with Gasteiger partial charge in [0.05, 0.1) is 12.8 Å². The zero-order valence-corrected chi connectivity index (χ0v) is 16.4. The number of carbonyl (C=O) groups excluding carboxylic acids is 2. The van der Waals surface area contributed by atoms with Gasteiger partial charge in [-0.2, -0.15) is 0 Å². The third-order valence-corrected chi connectivity index (χ3v) is 4.25. The lowest BCUT2D eigenvalue weighted by molar-refractivity contribution is -0.111. The van der Waals surface area contributed by atoms with E-state index in [-0.39, 0.29) is 11.9 Å². The van der Waals surface area contributed by atoms with Gasteiger partial charge in [-0.15, -0.1) is 0 Å². The smallest absolute Gasteiger partial charge is 0.319 e. The normalized spacial score (nSPS) is 10.7. The number of benzene rings is 2. The standard InChI is InChI=1S/C23H23N3O3/c1-16-5-6-18(17(2)14-16)7-12-22(27)25-19-8-10-20(11-9-19)26-23(28)24-15-21-4-3-13-29-21/h3-14H,15H2,1-2H3,(H,25,27)(H2,24,26,28)/b12-7+. The number of rotatable bonds is 6. The summed E-state index contributed by atoms with van der Waals surface area (Å²) in [6.45, 7) is 4.36. The Morgan fingerprint density at radius 3 is 2.34 bits per heavy atom. The second-order valence-corrected chi connectivity index (χ2v) is 6.65. The molecule has 0 aliphatic rings. The molecule has 0 saturated carbocycles. The molecular formula is C23H23N3O3. The van der Waals surface area contributed by atoms with Gasteiger partial charge in [0.25, 0.3) is 0 Å². The molecule has 0 saturated heterocycles. The van der Waals surface area contributed by atoms with E-state index in [1.54, 1.807) is 48.7 Å². The van der Waals surface area contributed by atoms with Gasteiger partial charge in [-0.1, -0.05) is 23.8 Å². The van der Waals surface area contributed by atoms with Crippen LogP contribution in [0.3, 0.4) is 0 Å². The molecule has 0 radical (unpaired) electrons. The molecule has 0 atom stereocenters. The van der Waals surface area contributed by atoms with Crippen molar-refractivity contribution in [1.29, 1.82) is 0 Å². The van der Waals surface area contributed by atoms with Gasteiger partial charge < -0.3 is 20.4 Å². The molecule has 3 aromatic rings. The highest BCUT2D eigenvalue weighted by Gasteiger charge is 2.04. The summed E-state index contributed by atoms with van der Waals surface area (Å²) in [5.74, 6) is 0.453. The molecule has 1 heterocycles. The van der Waals surface area contributed by atoms with Gasteiger partial charge in [-0.25, -0.2) is 4.79 Å². The molecule has 0 unspecified atom stereocenters.